The summed E-state index contributed by atoms with van der Waals surface area (Å²) in [6.45, 7) is 1.55. The van der Waals surface area contributed by atoms with Gasteiger partial charge in [-0.25, -0.2) is 4.98 Å². The van der Waals surface area contributed by atoms with E-state index < -0.39 is 0 Å². The van der Waals surface area contributed by atoms with Gasteiger partial charge in [0.2, 0.25) is 5.76 Å². The Morgan fingerprint density at radius 1 is 1.32 bits per heavy atom. The maximum atomic E-state index is 12.2. The highest BCUT2D eigenvalue weighted by molar-refractivity contribution is 5.91. The highest BCUT2D eigenvalue weighted by Crippen LogP contribution is 2.27. The molecule has 4 nitrogen and oxygen atoms in total. The van der Waals surface area contributed by atoms with Crippen molar-refractivity contribution < 1.29 is 9.21 Å². The van der Waals surface area contributed by atoms with Crippen LogP contribution in [0, 0.1) is 0 Å². The monoisotopic (exact) mass is 256 g/mol. The second kappa shape index (κ2) is 5.26. The van der Waals surface area contributed by atoms with E-state index in [4.69, 9.17) is 4.42 Å². The van der Waals surface area contributed by atoms with Gasteiger partial charge in [-0.05, 0) is 18.4 Å². The molecular weight excluding hydrogens is 240 g/mol. The molecule has 1 amide bonds. The third-order valence-corrected chi connectivity index (χ3v) is 3.62. The molecule has 2 heterocycles. The van der Waals surface area contributed by atoms with Crippen molar-refractivity contribution in [2.75, 3.05) is 13.1 Å². The van der Waals surface area contributed by atoms with Crippen LogP contribution in [0.15, 0.2) is 47.3 Å². The van der Waals surface area contributed by atoms with Crippen molar-refractivity contribution in [3.05, 3.63) is 54.2 Å². The van der Waals surface area contributed by atoms with Crippen molar-refractivity contribution in [2.24, 2.45) is 0 Å². The first kappa shape index (κ1) is 12.0. The molecule has 0 saturated carbocycles. The van der Waals surface area contributed by atoms with Crippen LogP contribution in [-0.4, -0.2) is 28.9 Å². The highest BCUT2D eigenvalue weighted by Gasteiger charge is 2.26. The first-order valence-corrected chi connectivity index (χ1v) is 6.57. The molecule has 0 unspecified atom stereocenters. The van der Waals surface area contributed by atoms with E-state index in [9.17, 15) is 4.79 Å². The summed E-state index contributed by atoms with van der Waals surface area (Å²) in [4.78, 5) is 17.9. The molecule has 19 heavy (non-hydrogen) atoms. The summed E-state index contributed by atoms with van der Waals surface area (Å²) in [6, 6.07) is 10.4. The summed E-state index contributed by atoms with van der Waals surface area (Å²) >= 11 is 0. The molecular formula is C15H16N2O2. The lowest BCUT2D eigenvalue weighted by Crippen LogP contribution is -2.38. The van der Waals surface area contributed by atoms with Gasteiger partial charge in [-0.3, -0.25) is 4.79 Å². The van der Waals surface area contributed by atoms with E-state index in [1.807, 2.05) is 23.1 Å². The molecule has 1 aliphatic rings. The average molecular weight is 256 g/mol. The van der Waals surface area contributed by atoms with Gasteiger partial charge in [-0.2, -0.15) is 0 Å². The van der Waals surface area contributed by atoms with Crippen molar-refractivity contribution >= 4 is 5.91 Å². The first-order chi connectivity index (χ1) is 9.34. The Kier molecular flexibility index (Phi) is 3.31. The molecule has 1 aromatic carbocycles. The molecule has 0 bridgehead atoms. The van der Waals surface area contributed by atoms with E-state index in [0.29, 0.717) is 11.7 Å². The fraction of sp³-hybridized carbons (Fsp3) is 0.333. The molecule has 1 aliphatic heterocycles. The lowest BCUT2D eigenvalue weighted by atomic mass is 9.90. The van der Waals surface area contributed by atoms with Gasteiger partial charge in [0.25, 0.3) is 5.91 Å². The van der Waals surface area contributed by atoms with Gasteiger partial charge in [-0.15, -0.1) is 0 Å². The van der Waals surface area contributed by atoms with Crippen LogP contribution in [0.4, 0.5) is 0 Å². The highest BCUT2D eigenvalue weighted by atomic mass is 16.3. The van der Waals surface area contributed by atoms with Crippen LogP contribution in [-0.2, 0) is 0 Å². The molecule has 3 rings (SSSR count). The molecule has 0 spiro atoms. The zero-order chi connectivity index (χ0) is 13.1. The zero-order valence-electron chi connectivity index (χ0n) is 10.7. The van der Waals surface area contributed by atoms with Crippen molar-refractivity contribution in [3.63, 3.8) is 0 Å². The molecule has 1 aromatic heterocycles. The van der Waals surface area contributed by atoms with Crippen LogP contribution in [0.3, 0.4) is 0 Å². The van der Waals surface area contributed by atoms with E-state index in [2.05, 4.69) is 17.1 Å². The predicted octanol–water partition coefficient (Wildman–Crippen LogP) is 2.69. The van der Waals surface area contributed by atoms with Crippen molar-refractivity contribution in [3.8, 4) is 0 Å². The molecule has 0 N–H and O–H groups in total. The minimum atomic E-state index is -0.0573. The summed E-state index contributed by atoms with van der Waals surface area (Å²) < 4.78 is 5.09. The number of oxazole rings is 1. The van der Waals surface area contributed by atoms with E-state index in [0.717, 1.165) is 25.9 Å². The molecule has 2 aromatic rings. The maximum absolute atomic E-state index is 12.2. The number of rotatable bonds is 2. The van der Waals surface area contributed by atoms with Crippen LogP contribution in [0.25, 0.3) is 0 Å². The summed E-state index contributed by atoms with van der Waals surface area (Å²) in [5.74, 6) is 0.689. The summed E-state index contributed by atoms with van der Waals surface area (Å²) in [5.41, 5.74) is 1.30. The number of aromatic nitrogens is 1. The van der Waals surface area contributed by atoms with E-state index in [-0.39, 0.29) is 5.91 Å². The Labute approximate surface area is 112 Å². The molecule has 1 fully saturated rings. The predicted molar refractivity (Wildman–Crippen MR) is 70.8 cm³/mol. The van der Waals surface area contributed by atoms with Crippen molar-refractivity contribution in [2.45, 2.75) is 18.8 Å². The van der Waals surface area contributed by atoms with Gasteiger partial charge in [0.15, 0.2) is 6.39 Å². The Morgan fingerprint density at radius 2 is 2.16 bits per heavy atom. The SMILES string of the molecule is O=C(c1cnco1)N1CCC[C@@H](c2ccccc2)C1. The smallest absolute Gasteiger partial charge is 0.291 e. The molecule has 1 saturated heterocycles. The number of piperidine rings is 1. The number of carbonyl (C=O) groups is 1. The Balaban J connectivity index is 1.73. The lowest BCUT2D eigenvalue weighted by Gasteiger charge is -2.32. The average Bonchev–Trinajstić information content (AvgIpc) is 3.02. The Bertz CT molecular complexity index is 537. The van der Waals surface area contributed by atoms with Crippen LogP contribution < -0.4 is 0 Å². The quantitative estimate of drug-likeness (QED) is 0.830. The molecule has 1 atom stereocenters. The third kappa shape index (κ3) is 2.52. The largest absolute Gasteiger partial charge is 0.438 e. The second-order valence-electron chi connectivity index (χ2n) is 4.87. The van der Waals surface area contributed by atoms with Crippen LogP contribution >= 0.6 is 0 Å². The Morgan fingerprint density at radius 3 is 2.89 bits per heavy atom. The minimum Gasteiger partial charge on any atom is -0.438 e. The standard InChI is InChI=1S/C15H16N2O2/c18-15(14-9-16-11-19-14)17-8-4-7-13(10-17)12-5-2-1-3-6-12/h1-3,5-6,9,11,13H,4,7-8,10H2/t13-/m1/s1. The normalized spacial score (nSPS) is 19.4. The molecule has 4 heteroatoms. The Hall–Kier alpha value is -2.10. The number of hydrogen-bond donors (Lipinski definition) is 0. The van der Waals surface area contributed by atoms with Crippen molar-refractivity contribution in [1.82, 2.24) is 9.88 Å². The van der Waals surface area contributed by atoms with E-state index in [1.54, 1.807) is 0 Å². The number of amides is 1. The number of hydrogen-bond acceptors (Lipinski definition) is 3. The number of carbonyl (C=O) groups excluding carboxylic acids is 1. The van der Waals surface area contributed by atoms with Gasteiger partial charge >= 0.3 is 0 Å². The molecule has 0 radical (unpaired) electrons. The lowest BCUT2D eigenvalue weighted by molar-refractivity contribution is 0.0675. The van der Waals surface area contributed by atoms with Gasteiger partial charge in [0.1, 0.15) is 0 Å². The number of benzene rings is 1. The first-order valence-electron chi connectivity index (χ1n) is 6.57. The second-order valence-corrected chi connectivity index (χ2v) is 4.87. The topological polar surface area (TPSA) is 46.3 Å². The number of likely N-dealkylation sites (tertiary alicyclic amines) is 1. The van der Waals surface area contributed by atoms with Crippen LogP contribution in [0.1, 0.15) is 34.9 Å². The fourth-order valence-corrected chi connectivity index (χ4v) is 2.64. The third-order valence-electron chi connectivity index (χ3n) is 3.62. The minimum absolute atomic E-state index is 0.0573. The van der Waals surface area contributed by atoms with E-state index in [1.165, 1.54) is 18.2 Å². The summed E-state index contributed by atoms with van der Waals surface area (Å²) in [7, 11) is 0. The molecule has 98 valence electrons. The maximum Gasteiger partial charge on any atom is 0.291 e. The van der Waals surface area contributed by atoms with Gasteiger partial charge in [0, 0.05) is 19.0 Å². The van der Waals surface area contributed by atoms with Gasteiger partial charge < -0.3 is 9.32 Å². The molecule has 0 aliphatic carbocycles. The summed E-state index contributed by atoms with van der Waals surface area (Å²) in [6.07, 6.45) is 4.93. The van der Waals surface area contributed by atoms with Gasteiger partial charge in [0.05, 0.1) is 6.20 Å². The van der Waals surface area contributed by atoms with Gasteiger partial charge in [-0.1, -0.05) is 30.3 Å². The van der Waals surface area contributed by atoms with E-state index >= 15 is 0 Å². The van der Waals surface area contributed by atoms with Crippen molar-refractivity contribution in [1.29, 1.82) is 0 Å². The fourth-order valence-electron chi connectivity index (χ4n) is 2.64. The zero-order valence-corrected chi connectivity index (χ0v) is 10.7. The van der Waals surface area contributed by atoms with Crippen LogP contribution in [0.5, 0.6) is 0 Å². The van der Waals surface area contributed by atoms with Crippen LogP contribution in [0.2, 0.25) is 0 Å². The number of nitrogens with zero attached hydrogens (tertiary/aromatic N) is 2. The summed E-state index contributed by atoms with van der Waals surface area (Å²) in [5, 5.41) is 0.